The summed E-state index contributed by atoms with van der Waals surface area (Å²) in [6, 6.07) is 16.0. The van der Waals surface area contributed by atoms with Crippen LogP contribution in [0.15, 0.2) is 71.1 Å². The molecule has 0 saturated heterocycles. The molecule has 2 aromatic heterocycles. The molecule has 0 spiro atoms. The molecule has 0 aliphatic rings. The van der Waals surface area contributed by atoms with Crippen LogP contribution in [0.1, 0.15) is 15.3 Å². The zero-order valence-corrected chi connectivity index (χ0v) is 15.2. The van der Waals surface area contributed by atoms with Gasteiger partial charge in [0.2, 0.25) is 0 Å². The minimum atomic E-state index is -0.412. The smallest absolute Gasteiger partial charge is 0.260 e. The number of aliphatic hydroxyl groups excluding tert-OH is 1. The molecule has 0 aliphatic heterocycles. The van der Waals surface area contributed by atoms with Gasteiger partial charge in [0, 0.05) is 15.4 Å². The molecule has 128 valence electrons. The van der Waals surface area contributed by atoms with E-state index in [4.69, 9.17) is 5.26 Å². The van der Waals surface area contributed by atoms with Crippen molar-refractivity contribution in [1.82, 2.24) is 0 Å². The minimum absolute atomic E-state index is 0.105. The number of carbonyl (C=O) groups excluding carboxylic acids is 1. The second-order valence-corrected chi connectivity index (χ2v) is 7.16. The quantitative estimate of drug-likeness (QED) is 0.359. The second-order valence-electron chi connectivity index (χ2n) is 5.23. The molecule has 0 atom stereocenters. The summed E-state index contributed by atoms with van der Waals surface area (Å²) in [5.74, 6) is -0.516. The first-order chi connectivity index (χ1) is 12.7. The maximum absolute atomic E-state index is 12.7. The van der Waals surface area contributed by atoms with Crippen molar-refractivity contribution in [3.8, 4) is 6.07 Å². The molecule has 3 aromatic rings. The molecule has 0 unspecified atom stereocenters. The van der Waals surface area contributed by atoms with E-state index in [1.54, 1.807) is 47.7 Å². The van der Waals surface area contributed by atoms with Crippen LogP contribution in [0.4, 0.5) is 5.69 Å². The van der Waals surface area contributed by atoms with E-state index in [0.717, 1.165) is 4.88 Å². The first kappa shape index (κ1) is 17.7. The Bertz CT molecular complexity index is 978. The van der Waals surface area contributed by atoms with Gasteiger partial charge in [-0.15, -0.1) is 22.7 Å². The number of amides is 1. The van der Waals surface area contributed by atoms with Crippen LogP contribution >= 0.6 is 22.7 Å². The van der Waals surface area contributed by atoms with Crippen molar-refractivity contribution < 1.29 is 9.90 Å². The van der Waals surface area contributed by atoms with Gasteiger partial charge in [0.1, 0.15) is 5.76 Å². The molecule has 6 heteroatoms. The molecule has 3 rings (SSSR count). The summed E-state index contributed by atoms with van der Waals surface area (Å²) in [5.41, 5.74) is 1.27. The molecule has 26 heavy (non-hydrogen) atoms. The van der Waals surface area contributed by atoms with Gasteiger partial charge in [0.05, 0.1) is 17.2 Å². The number of nitrogens with one attached hydrogen (secondary N) is 1. The Morgan fingerprint density at radius 1 is 1.08 bits per heavy atom. The zero-order chi connectivity index (χ0) is 18.4. The van der Waals surface area contributed by atoms with E-state index in [1.165, 1.54) is 17.4 Å². The summed E-state index contributed by atoms with van der Waals surface area (Å²) in [5, 5.41) is 25.9. The number of anilines is 1. The van der Waals surface area contributed by atoms with Crippen LogP contribution in [0.3, 0.4) is 0 Å². The Morgan fingerprint density at radius 3 is 2.42 bits per heavy atom. The van der Waals surface area contributed by atoms with Crippen LogP contribution in [0.5, 0.6) is 0 Å². The van der Waals surface area contributed by atoms with E-state index >= 15 is 0 Å². The summed E-state index contributed by atoms with van der Waals surface area (Å²) >= 11 is 2.92. The topological polar surface area (TPSA) is 73.1 Å². The number of hydrogen-bond donors (Lipinski definition) is 2. The fraction of sp³-hybridized carbons (Fsp3) is 0. The highest BCUT2D eigenvalue weighted by Gasteiger charge is 2.18. The summed E-state index contributed by atoms with van der Waals surface area (Å²) < 4.78 is 0. The third-order valence-electron chi connectivity index (χ3n) is 3.47. The van der Waals surface area contributed by atoms with E-state index in [1.807, 2.05) is 35.0 Å². The standard InChI is InChI=1S/C20H14N2O2S2/c21-13-14-5-7-15(8-6-14)22-20(24)19(18-4-2-12-26-18)17(23)10-9-16-3-1-11-25-16/h1-12,23H,(H,22,24)/b10-9+,19-17-. The number of rotatable bonds is 5. The lowest BCUT2D eigenvalue weighted by Crippen LogP contribution is -2.14. The van der Waals surface area contributed by atoms with Gasteiger partial charge in [-0.3, -0.25) is 4.79 Å². The van der Waals surface area contributed by atoms with Gasteiger partial charge in [0.25, 0.3) is 5.91 Å². The van der Waals surface area contributed by atoms with Crippen LogP contribution < -0.4 is 5.32 Å². The molecule has 0 saturated carbocycles. The lowest BCUT2D eigenvalue weighted by molar-refractivity contribution is -0.111. The number of carbonyl (C=O) groups is 1. The summed E-state index contributed by atoms with van der Waals surface area (Å²) in [7, 11) is 0. The van der Waals surface area contributed by atoms with Gasteiger partial charge in [-0.1, -0.05) is 12.1 Å². The van der Waals surface area contributed by atoms with Gasteiger partial charge in [0.15, 0.2) is 0 Å². The number of aliphatic hydroxyl groups is 1. The van der Waals surface area contributed by atoms with Crippen LogP contribution in [0.25, 0.3) is 11.6 Å². The fourth-order valence-corrected chi connectivity index (χ4v) is 3.62. The van der Waals surface area contributed by atoms with Crippen molar-refractivity contribution >= 4 is 45.9 Å². The first-order valence-electron chi connectivity index (χ1n) is 7.67. The van der Waals surface area contributed by atoms with Crippen molar-refractivity contribution in [2.75, 3.05) is 5.32 Å². The normalized spacial score (nSPS) is 11.8. The van der Waals surface area contributed by atoms with Gasteiger partial charge in [-0.2, -0.15) is 5.26 Å². The molecule has 0 fully saturated rings. The lowest BCUT2D eigenvalue weighted by atomic mass is 10.1. The van der Waals surface area contributed by atoms with Crippen LogP contribution in [-0.4, -0.2) is 11.0 Å². The largest absolute Gasteiger partial charge is 0.507 e. The number of benzene rings is 1. The monoisotopic (exact) mass is 378 g/mol. The number of nitrogens with zero attached hydrogens (tertiary/aromatic N) is 1. The van der Waals surface area contributed by atoms with E-state index in [2.05, 4.69) is 5.32 Å². The predicted octanol–water partition coefficient (Wildman–Crippen LogP) is 5.30. The van der Waals surface area contributed by atoms with Gasteiger partial charge in [-0.05, 0) is 59.3 Å². The molecule has 0 bridgehead atoms. The maximum Gasteiger partial charge on any atom is 0.260 e. The van der Waals surface area contributed by atoms with E-state index in [-0.39, 0.29) is 11.3 Å². The summed E-state index contributed by atoms with van der Waals surface area (Å²) in [6.07, 6.45) is 3.29. The number of hydrogen-bond acceptors (Lipinski definition) is 5. The van der Waals surface area contributed by atoms with Crippen LogP contribution in [-0.2, 0) is 4.79 Å². The molecule has 4 nitrogen and oxygen atoms in total. The first-order valence-corrected chi connectivity index (χ1v) is 9.43. The van der Waals surface area contributed by atoms with Crippen LogP contribution in [0.2, 0.25) is 0 Å². The molecule has 1 amide bonds. The summed E-state index contributed by atoms with van der Waals surface area (Å²) in [4.78, 5) is 14.4. The molecule has 2 N–H and O–H groups in total. The molecule has 1 aromatic carbocycles. The highest BCUT2D eigenvalue weighted by molar-refractivity contribution is 7.11. The highest BCUT2D eigenvalue weighted by Crippen LogP contribution is 2.26. The second kappa shape index (κ2) is 8.30. The van der Waals surface area contributed by atoms with Crippen LogP contribution in [0, 0.1) is 11.3 Å². The molecule has 0 aliphatic carbocycles. The van der Waals surface area contributed by atoms with Crippen molar-refractivity contribution in [2.24, 2.45) is 0 Å². The van der Waals surface area contributed by atoms with E-state index in [0.29, 0.717) is 16.1 Å². The third-order valence-corrected chi connectivity index (χ3v) is 5.20. The Balaban J connectivity index is 1.89. The highest BCUT2D eigenvalue weighted by atomic mass is 32.1. The average molecular weight is 378 g/mol. The Hall–Kier alpha value is -3.14. The Kier molecular flexibility index (Phi) is 5.64. The minimum Gasteiger partial charge on any atom is -0.507 e. The molecule has 0 radical (unpaired) electrons. The van der Waals surface area contributed by atoms with Crippen molar-refractivity contribution in [3.05, 3.63) is 86.4 Å². The van der Waals surface area contributed by atoms with Crippen molar-refractivity contribution in [1.29, 1.82) is 5.26 Å². The van der Waals surface area contributed by atoms with E-state index < -0.39 is 5.91 Å². The zero-order valence-electron chi connectivity index (χ0n) is 13.5. The van der Waals surface area contributed by atoms with Crippen molar-refractivity contribution in [3.63, 3.8) is 0 Å². The van der Waals surface area contributed by atoms with E-state index in [9.17, 15) is 9.90 Å². The predicted molar refractivity (Wildman–Crippen MR) is 107 cm³/mol. The number of thiophene rings is 2. The van der Waals surface area contributed by atoms with Gasteiger partial charge in [-0.25, -0.2) is 0 Å². The fourth-order valence-electron chi connectivity index (χ4n) is 2.23. The molecular weight excluding hydrogens is 364 g/mol. The number of nitriles is 1. The Morgan fingerprint density at radius 2 is 1.81 bits per heavy atom. The van der Waals surface area contributed by atoms with Gasteiger partial charge < -0.3 is 10.4 Å². The molecular formula is C20H14N2O2S2. The third kappa shape index (κ3) is 4.28. The summed E-state index contributed by atoms with van der Waals surface area (Å²) in [6.45, 7) is 0. The SMILES string of the molecule is N#Cc1ccc(NC(=O)/C(=C(O)/C=C/c2cccs2)c2cccs2)cc1. The Labute approximate surface area is 159 Å². The lowest BCUT2D eigenvalue weighted by Gasteiger charge is -2.09. The average Bonchev–Trinajstić information content (AvgIpc) is 3.35. The maximum atomic E-state index is 12.7. The number of allylic oxidation sites excluding steroid dienone is 1. The molecule has 2 heterocycles. The van der Waals surface area contributed by atoms with Gasteiger partial charge >= 0.3 is 0 Å². The van der Waals surface area contributed by atoms with Crippen molar-refractivity contribution in [2.45, 2.75) is 0 Å².